The van der Waals surface area contributed by atoms with E-state index in [4.69, 9.17) is 0 Å². The lowest BCUT2D eigenvalue weighted by molar-refractivity contribution is 0.438. The van der Waals surface area contributed by atoms with Gasteiger partial charge >= 0.3 is 0 Å². The van der Waals surface area contributed by atoms with Crippen molar-refractivity contribution in [2.24, 2.45) is 10.9 Å². The zero-order chi connectivity index (χ0) is 15.9. The van der Waals surface area contributed by atoms with Crippen molar-refractivity contribution in [1.82, 2.24) is 10.6 Å². The van der Waals surface area contributed by atoms with Crippen LogP contribution in [0.4, 0.5) is 5.69 Å². The van der Waals surface area contributed by atoms with E-state index in [-0.39, 0.29) is 0 Å². The van der Waals surface area contributed by atoms with E-state index in [1.807, 2.05) is 0 Å². The number of anilines is 1. The van der Waals surface area contributed by atoms with Crippen LogP contribution in [0.5, 0.6) is 0 Å². The smallest absolute Gasteiger partial charge is 0.191 e. The van der Waals surface area contributed by atoms with Crippen LogP contribution < -0.4 is 15.5 Å². The van der Waals surface area contributed by atoms with Crippen molar-refractivity contribution in [3.8, 4) is 0 Å². The summed E-state index contributed by atoms with van der Waals surface area (Å²) in [4.78, 5) is 6.72. The molecule has 0 saturated carbocycles. The van der Waals surface area contributed by atoms with Crippen LogP contribution in [-0.4, -0.2) is 32.1 Å². The highest BCUT2D eigenvalue weighted by molar-refractivity contribution is 5.79. The van der Waals surface area contributed by atoms with Gasteiger partial charge in [0.05, 0.1) is 0 Å². The van der Waals surface area contributed by atoms with Gasteiger partial charge in [-0.1, -0.05) is 19.1 Å². The van der Waals surface area contributed by atoms with Gasteiger partial charge in [0.25, 0.3) is 0 Å². The Morgan fingerprint density at radius 1 is 1.23 bits per heavy atom. The number of guanidine groups is 1. The van der Waals surface area contributed by atoms with E-state index < -0.39 is 0 Å². The van der Waals surface area contributed by atoms with Gasteiger partial charge in [0.15, 0.2) is 5.96 Å². The van der Waals surface area contributed by atoms with Gasteiger partial charge in [-0.3, -0.25) is 4.99 Å². The van der Waals surface area contributed by atoms with Crippen LogP contribution in [0, 0.1) is 5.92 Å². The highest BCUT2D eigenvalue weighted by atomic mass is 15.2. The summed E-state index contributed by atoms with van der Waals surface area (Å²) in [5.74, 6) is 1.73. The number of nitrogens with one attached hydrogen (secondary N) is 2. The first-order chi connectivity index (χ1) is 10.6. The zero-order valence-electron chi connectivity index (χ0n) is 14.4. The number of rotatable bonds is 4. The van der Waals surface area contributed by atoms with Gasteiger partial charge in [-0.05, 0) is 50.3 Å². The van der Waals surface area contributed by atoms with Crippen LogP contribution in [-0.2, 0) is 6.54 Å². The molecule has 1 aliphatic rings. The van der Waals surface area contributed by atoms with Crippen LogP contribution in [0.3, 0.4) is 0 Å². The molecule has 0 unspecified atom stereocenters. The first kappa shape index (κ1) is 16.7. The predicted octanol–water partition coefficient (Wildman–Crippen LogP) is 3.00. The van der Waals surface area contributed by atoms with Crippen molar-refractivity contribution in [1.29, 1.82) is 0 Å². The van der Waals surface area contributed by atoms with Crippen molar-refractivity contribution in [3.05, 3.63) is 29.8 Å². The van der Waals surface area contributed by atoms with Gasteiger partial charge in [0.2, 0.25) is 0 Å². The van der Waals surface area contributed by atoms with Gasteiger partial charge in [-0.25, -0.2) is 0 Å². The summed E-state index contributed by atoms with van der Waals surface area (Å²) in [5.41, 5.74) is 2.63. The average molecular weight is 302 g/mol. The molecular formula is C18H30N4. The third kappa shape index (κ3) is 4.93. The molecule has 0 amide bonds. The second kappa shape index (κ2) is 8.06. The summed E-state index contributed by atoms with van der Waals surface area (Å²) < 4.78 is 0. The third-order valence-electron chi connectivity index (χ3n) is 4.19. The van der Waals surface area contributed by atoms with Gasteiger partial charge in [-0.15, -0.1) is 0 Å². The summed E-state index contributed by atoms with van der Waals surface area (Å²) >= 11 is 0. The van der Waals surface area contributed by atoms with Crippen molar-refractivity contribution in [3.63, 3.8) is 0 Å². The molecular weight excluding hydrogens is 272 g/mol. The van der Waals surface area contributed by atoms with E-state index in [2.05, 4.69) is 65.6 Å². The van der Waals surface area contributed by atoms with Crippen LogP contribution in [0.1, 0.15) is 39.2 Å². The predicted molar refractivity (Wildman–Crippen MR) is 95.5 cm³/mol. The minimum absolute atomic E-state index is 0.384. The molecule has 4 heteroatoms. The Morgan fingerprint density at radius 2 is 1.86 bits per heavy atom. The quantitative estimate of drug-likeness (QED) is 0.663. The number of nitrogens with zero attached hydrogens (tertiary/aromatic N) is 2. The van der Waals surface area contributed by atoms with Gasteiger partial charge in [0.1, 0.15) is 0 Å². The van der Waals surface area contributed by atoms with Gasteiger partial charge in [0, 0.05) is 38.4 Å². The largest absolute Gasteiger partial charge is 0.372 e. The van der Waals surface area contributed by atoms with Crippen molar-refractivity contribution in [2.45, 2.75) is 46.2 Å². The fourth-order valence-corrected chi connectivity index (χ4v) is 2.75. The summed E-state index contributed by atoms with van der Waals surface area (Å²) in [5, 5.41) is 6.64. The normalized spacial score (nSPS) is 17.0. The highest BCUT2D eigenvalue weighted by Crippen LogP contribution is 2.23. The summed E-state index contributed by atoms with van der Waals surface area (Å²) in [7, 11) is 1.80. The minimum Gasteiger partial charge on any atom is -0.372 e. The maximum atomic E-state index is 4.23. The van der Waals surface area contributed by atoms with E-state index in [0.717, 1.165) is 18.4 Å². The molecule has 1 fully saturated rings. The molecule has 1 heterocycles. The standard InChI is InChI=1S/C18H30N4/c1-14(2)21-18(19-4)20-13-16-5-7-17(8-6-16)22-11-9-15(3)10-12-22/h5-8,14-15H,9-13H2,1-4H3,(H2,19,20,21). The Bertz CT molecular complexity index is 470. The Kier molecular flexibility index (Phi) is 6.10. The first-order valence-corrected chi connectivity index (χ1v) is 8.39. The fourth-order valence-electron chi connectivity index (χ4n) is 2.75. The number of benzene rings is 1. The lowest BCUT2D eigenvalue weighted by Crippen LogP contribution is -2.40. The van der Waals surface area contributed by atoms with E-state index in [1.165, 1.54) is 37.2 Å². The Balaban J connectivity index is 1.86. The molecule has 4 nitrogen and oxygen atoms in total. The Hall–Kier alpha value is -1.71. The molecule has 0 spiro atoms. The molecule has 0 atom stereocenters. The monoisotopic (exact) mass is 302 g/mol. The van der Waals surface area contributed by atoms with Gasteiger partial charge < -0.3 is 15.5 Å². The first-order valence-electron chi connectivity index (χ1n) is 8.39. The van der Waals surface area contributed by atoms with E-state index in [9.17, 15) is 0 Å². The van der Waals surface area contributed by atoms with E-state index >= 15 is 0 Å². The maximum Gasteiger partial charge on any atom is 0.191 e. The van der Waals surface area contributed by atoms with Crippen LogP contribution in [0.15, 0.2) is 29.3 Å². The summed E-state index contributed by atoms with van der Waals surface area (Å²) in [6.45, 7) is 9.74. The van der Waals surface area contributed by atoms with E-state index in [1.54, 1.807) is 7.05 Å². The second-order valence-electron chi connectivity index (χ2n) is 6.56. The fraction of sp³-hybridized carbons (Fsp3) is 0.611. The number of hydrogen-bond acceptors (Lipinski definition) is 2. The van der Waals surface area contributed by atoms with Crippen molar-refractivity contribution in [2.75, 3.05) is 25.0 Å². The molecule has 2 N–H and O–H groups in total. The van der Waals surface area contributed by atoms with Crippen molar-refractivity contribution >= 4 is 11.6 Å². The molecule has 0 radical (unpaired) electrons. The molecule has 2 rings (SSSR count). The maximum absolute atomic E-state index is 4.23. The van der Waals surface area contributed by atoms with E-state index in [0.29, 0.717) is 6.04 Å². The molecule has 22 heavy (non-hydrogen) atoms. The van der Waals surface area contributed by atoms with Gasteiger partial charge in [-0.2, -0.15) is 0 Å². The van der Waals surface area contributed by atoms with Crippen molar-refractivity contribution < 1.29 is 0 Å². The zero-order valence-corrected chi connectivity index (χ0v) is 14.4. The van der Waals surface area contributed by atoms with Crippen LogP contribution in [0.25, 0.3) is 0 Å². The van der Waals surface area contributed by atoms with Crippen LogP contribution in [0.2, 0.25) is 0 Å². The molecule has 0 aliphatic carbocycles. The molecule has 1 aromatic carbocycles. The Morgan fingerprint density at radius 3 is 2.41 bits per heavy atom. The second-order valence-corrected chi connectivity index (χ2v) is 6.56. The topological polar surface area (TPSA) is 39.7 Å². The number of hydrogen-bond donors (Lipinski definition) is 2. The SMILES string of the molecule is CN=C(NCc1ccc(N2CCC(C)CC2)cc1)NC(C)C. The number of piperidine rings is 1. The lowest BCUT2D eigenvalue weighted by Gasteiger charge is -2.32. The molecule has 0 aromatic heterocycles. The minimum atomic E-state index is 0.384. The molecule has 1 aliphatic heterocycles. The molecule has 122 valence electrons. The lowest BCUT2D eigenvalue weighted by atomic mass is 9.99. The van der Waals surface area contributed by atoms with Crippen LogP contribution >= 0.6 is 0 Å². The average Bonchev–Trinajstić information content (AvgIpc) is 2.52. The molecule has 1 aromatic rings. The Labute approximate surface area is 135 Å². The molecule has 1 saturated heterocycles. The highest BCUT2D eigenvalue weighted by Gasteiger charge is 2.15. The molecule has 0 bridgehead atoms. The third-order valence-corrected chi connectivity index (χ3v) is 4.19. The summed E-state index contributed by atoms with van der Waals surface area (Å²) in [6, 6.07) is 9.29. The number of aliphatic imine (C=N–C) groups is 1. The summed E-state index contributed by atoms with van der Waals surface area (Å²) in [6.07, 6.45) is 2.61.